The number of aliphatic hydroxyl groups excluding tert-OH is 1. The highest BCUT2D eigenvalue weighted by atomic mass is 19.4. The van der Waals surface area contributed by atoms with Gasteiger partial charge in [-0.1, -0.05) is 0 Å². The third-order valence-electron chi connectivity index (χ3n) is 3.02. The molecule has 0 bridgehead atoms. The van der Waals surface area contributed by atoms with Crippen molar-refractivity contribution in [2.75, 3.05) is 36.7 Å². The Bertz CT molecular complexity index is 469. The fraction of sp³-hybridized carbons (Fsp3) is 0.545. The van der Waals surface area contributed by atoms with Crippen LogP contribution < -0.4 is 16.2 Å². The van der Waals surface area contributed by atoms with Crippen LogP contribution >= 0.6 is 0 Å². The molecule has 0 saturated carbocycles. The second-order valence-corrected chi connectivity index (χ2v) is 4.35. The van der Waals surface area contributed by atoms with Gasteiger partial charge in [-0.3, -0.25) is 0 Å². The largest absolute Gasteiger partial charge is 0.416 e. The molecule has 2 heterocycles. The number of aromatic nitrogens is 1. The fourth-order valence-electron chi connectivity index (χ4n) is 2.01. The maximum absolute atomic E-state index is 12.8. The Kier molecular flexibility index (Phi) is 4.31. The number of aliphatic hydroxyl groups is 1. The molecule has 1 fully saturated rings. The van der Waals surface area contributed by atoms with Gasteiger partial charge in [-0.15, -0.1) is 0 Å². The van der Waals surface area contributed by atoms with Crippen LogP contribution in [0.2, 0.25) is 0 Å². The van der Waals surface area contributed by atoms with Crippen LogP contribution in [0.3, 0.4) is 0 Å². The summed E-state index contributed by atoms with van der Waals surface area (Å²) in [5.74, 6) is 5.18. The van der Waals surface area contributed by atoms with Crippen molar-refractivity contribution in [2.24, 2.45) is 5.84 Å². The zero-order valence-electron chi connectivity index (χ0n) is 10.5. The highest BCUT2D eigenvalue weighted by Crippen LogP contribution is 2.33. The SMILES string of the molecule is NNc1cc(C(F)(F)F)cc(N2CCOCC2CO)n1. The standard InChI is InChI=1S/C11H15F3N4O2/c12-11(13,14)7-3-9(17-15)16-10(4-7)18-1-2-20-6-8(18)5-19/h3-4,8,19H,1-2,5-6,15H2,(H,16,17). The van der Waals surface area contributed by atoms with Gasteiger partial charge in [0.05, 0.1) is 31.4 Å². The fourth-order valence-corrected chi connectivity index (χ4v) is 2.01. The monoisotopic (exact) mass is 292 g/mol. The van der Waals surface area contributed by atoms with Crippen molar-refractivity contribution in [3.05, 3.63) is 17.7 Å². The maximum atomic E-state index is 12.8. The van der Waals surface area contributed by atoms with E-state index in [9.17, 15) is 18.3 Å². The number of nitrogens with zero attached hydrogens (tertiary/aromatic N) is 2. The molecule has 9 heteroatoms. The van der Waals surface area contributed by atoms with Gasteiger partial charge in [0, 0.05) is 6.54 Å². The number of hydrogen-bond donors (Lipinski definition) is 3. The Morgan fingerprint density at radius 3 is 2.85 bits per heavy atom. The number of hydrogen-bond acceptors (Lipinski definition) is 6. The van der Waals surface area contributed by atoms with E-state index in [4.69, 9.17) is 10.6 Å². The summed E-state index contributed by atoms with van der Waals surface area (Å²) in [6.07, 6.45) is -4.50. The molecule has 0 spiro atoms. The second-order valence-electron chi connectivity index (χ2n) is 4.35. The van der Waals surface area contributed by atoms with Gasteiger partial charge in [0.25, 0.3) is 0 Å². The second kappa shape index (κ2) is 5.81. The van der Waals surface area contributed by atoms with Crippen molar-refractivity contribution in [1.29, 1.82) is 0 Å². The molecule has 1 saturated heterocycles. The van der Waals surface area contributed by atoms with E-state index in [0.29, 0.717) is 13.2 Å². The number of hydrazine groups is 1. The minimum absolute atomic E-state index is 0.0852. The van der Waals surface area contributed by atoms with E-state index in [1.807, 2.05) is 0 Å². The van der Waals surface area contributed by atoms with Gasteiger partial charge in [0.15, 0.2) is 0 Å². The number of rotatable bonds is 3. The van der Waals surface area contributed by atoms with Crippen LogP contribution in [0, 0.1) is 0 Å². The van der Waals surface area contributed by atoms with Gasteiger partial charge in [0.2, 0.25) is 0 Å². The van der Waals surface area contributed by atoms with Gasteiger partial charge in [-0.25, -0.2) is 10.8 Å². The average molecular weight is 292 g/mol. The van der Waals surface area contributed by atoms with E-state index < -0.39 is 17.8 Å². The molecule has 1 unspecified atom stereocenters. The minimum Gasteiger partial charge on any atom is -0.394 e. The summed E-state index contributed by atoms with van der Waals surface area (Å²) < 4.78 is 43.7. The van der Waals surface area contributed by atoms with Gasteiger partial charge in [-0.05, 0) is 12.1 Å². The molecular formula is C11H15F3N4O2. The molecule has 1 aromatic heterocycles. The molecule has 2 rings (SSSR count). The van der Waals surface area contributed by atoms with Gasteiger partial charge < -0.3 is 20.2 Å². The number of alkyl halides is 3. The number of morpholine rings is 1. The van der Waals surface area contributed by atoms with Gasteiger partial charge in [-0.2, -0.15) is 13.2 Å². The molecule has 1 atom stereocenters. The van der Waals surface area contributed by atoms with Crippen molar-refractivity contribution in [3.8, 4) is 0 Å². The van der Waals surface area contributed by atoms with Crippen LogP contribution in [0.25, 0.3) is 0 Å². The molecule has 1 aromatic rings. The van der Waals surface area contributed by atoms with Crippen LogP contribution in [-0.2, 0) is 10.9 Å². The third kappa shape index (κ3) is 3.11. The van der Waals surface area contributed by atoms with Crippen LogP contribution in [0.5, 0.6) is 0 Å². The zero-order valence-corrected chi connectivity index (χ0v) is 10.5. The van der Waals surface area contributed by atoms with E-state index >= 15 is 0 Å². The summed E-state index contributed by atoms with van der Waals surface area (Å²) in [4.78, 5) is 5.59. The number of nitrogens with two attached hydrogens (primary N) is 1. The first-order chi connectivity index (χ1) is 9.45. The predicted octanol–water partition coefficient (Wildman–Crippen LogP) is 0.583. The first kappa shape index (κ1) is 14.8. The lowest BCUT2D eigenvalue weighted by atomic mass is 10.2. The Labute approximate surface area is 113 Å². The Morgan fingerprint density at radius 1 is 1.50 bits per heavy atom. The number of ether oxygens (including phenoxy) is 1. The van der Waals surface area contributed by atoms with Crippen molar-refractivity contribution in [2.45, 2.75) is 12.2 Å². The van der Waals surface area contributed by atoms with Crippen molar-refractivity contribution in [1.82, 2.24) is 4.98 Å². The zero-order chi connectivity index (χ0) is 14.8. The lowest BCUT2D eigenvalue weighted by Gasteiger charge is -2.35. The number of halogens is 3. The Morgan fingerprint density at radius 2 is 2.25 bits per heavy atom. The van der Waals surface area contributed by atoms with Crippen LogP contribution in [0.4, 0.5) is 24.8 Å². The molecule has 4 N–H and O–H groups in total. The highest BCUT2D eigenvalue weighted by Gasteiger charge is 2.33. The smallest absolute Gasteiger partial charge is 0.394 e. The molecule has 0 aliphatic carbocycles. The van der Waals surface area contributed by atoms with Crippen molar-refractivity contribution in [3.63, 3.8) is 0 Å². The number of nitrogen functional groups attached to an aromatic ring is 1. The number of anilines is 2. The molecular weight excluding hydrogens is 277 g/mol. The first-order valence-corrected chi connectivity index (χ1v) is 5.97. The Hall–Kier alpha value is -1.58. The maximum Gasteiger partial charge on any atom is 0.416 e. The first-order valence-electron chi connectivity index (χ1n) is 5.97. The third-order valence-corrected chi connectivity index (χ3v) is 3.02. The van der Waals surface area contributed by atoms with Crippen molar-refractivity contribution < 1.29 is 23.0 Å². The predicted molar refractivity (Wildman–Crippen MR) is 66.1 cm³/mol. The quantitative estimate of drug-likeness (QED) is 0.558. The molecule has 20 heavy (non-hydrogen) atoms. The van der Waals surface area contributed by atoms with Crippen LogP contribution in [0.15, 0.2) is 12.1 Å². The molecule has 112 valence electrons. The molecule has 0 amide bonds. The normalized spacial score (nSPS) is 20.1. The van der Waals surface area contributed by atoms with E-state index in [-0.39, 0.29) is 24.8 Å². The van der Waals surface area contributed by atoms with E-state index in [0.717, 1.165) is 12.1 Å². The van der Waals surface area contributed by atoms with Crippen LogP contribution in [-0.4, -0.2) is 42.5 Å². The summed E-state index contributed by atoms with van der Waals surface area (Å²) in [5, 5.41) is 9.27. The molecule has 0 aromatic carbocycles. The van der Waals surface area contributed by atoms with E-state index in [1.54, 1.807) is 4.90 Å². The van der Waals surface area contributed by atoms with Crippen molar-refractivity contribution >= 4 is 11.6 Å². The lowest BCUT2D eigenvalue weighted by Crippen LogP contribution is -2.48. The van der Waals surface area contributed by atoms with Gasteiger partial charge in [0.1, 0.15) is 11.6 Å². The number of nitrogens with one attached hydrogen (secondary N) is 1. The molecule has 1 aliphatic rings. The number of pyridine rings is 1. The topological polar surface area (TPSA) is 83.6 Å². The van der Waals surface area contributed by atoms with Gasteiger partial charge >= 0.3 is 6.18 Å². The highest BCUT2D eigenvalue weighted by molar-refractivity contribution is 5.51. The molecule has 6 nitrogen and oxygen atoms in total. The summed E-state index contributed by atoms with van der Waals surface area (Å²) >= 11 is 0. The molecule has 1 aliphatic heterocycles. The minimum atomic E-state index is -4.50. The average Bonchev–Trinajstić information content (AvgIpc) is 2.45. The van der Waals surface area contributed by atoms with Crippen LogP contribution in [0.1, 0.15) is 5.56 Å². The summed E-state index contributed by atoms with van der Waals surface area (Å²) in [7, 11) is 0. The lowest BCUT2D eigenvalue weighted by molar-refractivity contribution is -0.137. The summed E-state index contributed by atoms with van der Waals surface area (Å²) in [5.41, 5.74) is 1.27. The summed E-state index contributed by atoms with van der Waals surface area (Å²) in [6, 6.07) is 1.34. The summed E-state index contributed by atoms with van der Waals surface area (Å²) in [6.45, 7) is 0.715. The van der Waals surface area contributed by atoms with E-state index in [2.05, 4.69) is 10.4 Å². The Balaban J connectivity index is 2.39. The van der Waals surface area contributed by atoms with E-state index in [1.165, 1.54) is 0 Å². The molecule has 0 radical (unpaired) electrons.